The number of halogens is 8. The van der Waals surface area contributed by atoms with E-state index in [2.05, 4.69) is 19.6 Å². The molecule has 1 N–H and O–H groups in total. The highest BCUT2D eigenvalue weighted by atomic mass is 32.5. The lowest BCUT2D eigenvalue weighted by Gasteiger charge is -2.41. The summed E-state index contributed by atoms with van der Waals surface area (Å²) < 4.78 is 124. The van der Waals surface area contributed by atoms with Crippen LogP contribution in [0.4, 0.5) is 44.2 Å². The Morgan fingerprint density at radius 2 is 1.74 bits per heavy atom. The molecule has 0 saturated heterocycles. The zero-order valence-corrected chi connectivity index (χ0v) is 18.9. The summed E-state index contributed by atoms with van der Waals surface area (Å²) in [6.07, 6.45) is 2.72. The van der Waals surface area contributed by atoms with Crippen LogP contribution >= 0.6 is 10.2 Å². The Balaban J connectivity index is 2.12. The zero-order chi connectivity index (χ0) is 26.3. The summed E-state index contributed by atoms with van der Waals surface area (Å²) >= 11 is 0. The molecule has 1 atom stereocenters. The van der Waals surface area contributed by atoms with Crippen molar-refractivity contribution in [2.24, 2.45) is 4.36 Å². The van der Waals surface area contributed by atoms with Gasteiger partial charge in [-0.05, 0) is 35.9 Å². The number of nitrogens with one attached hydrogen (secondary N) is 1. The molecule has 1 heterocycles. The Hall–Kier alpha value is -3.45. The van der Waals surface area contributed by atoms with Gasteiger partial charge in [0, 0.05) is 23.6 Å². The molecule has 1 aromatic heterocycles. The van der Waals surface area contributed by atoms with Crippen molar-refractivity contribution in [3.63, 3.8) is 0 Å². The minimum absolute atomic E-state index is 0.0365. The van der Waals surface area contributed by atoms with E-state index in [4.69, 9.17) is 5.26 Å². The van der Waals surface area contributed by atoms with E-state index in [-0.39, 0.29) is 12.1 Å². The van der Waals surface area contributed by atoms with Crippen molar-refractivity contribution in [2.45, 2.75) is 10.6 Å². The van der Waals surface area contributed by atoms with Gasteiger partial charge >= 0.3 is 10.2 Å². The lowest BCUT2D eigenvalue weighted by Crippen LogP contribution is -2.10. The first-order valence-corrected chi connectivity index (χ1v) is 13.1. The maximum atomic E-state index is 14.2. The number of benzene rings is 2. The molecule has 0 radical (unpaired) electrons. The summed E-state index contributed by atoms with van der Waals surface area (Å²) in [5.74, 6) is -4.72. The van der Waals surface area contributed by atoms with Crippen LogP contribution in [0.15, 0.2) is 51.9 Å². The maximum Gasteiger partial charge on any atom is 0.310 e. The second-order valence-corrected chi connectivity index (χ2v) is 12.1. The Kier molecular flexibility index (Phi) is 6.02. The van der Waals surface area contributed by atoms with Crippen LogP contribution in [0.5, 0.6) is 0 Å². The van der Waals surface area contributed by atoms with Crippen LogP contribution in [0.1, 0.15) is 5.56 Å². The van der Waals surface area contributed by atoms with Gasteiger partial charge < -0.3 is 5.32 Å². The van der Waals surface area contributed by atoms with Crippen molar-refractivity contribution in [1.29, 1.82) is 5.26 Å². The van der Waals surface area contributed by atoms with Gasteiger partial charge in [0.1, 0.15) is 22.2 Å². The number of aromatic nitrogens is 2. The molecule has 16 heteroatoms. The normalized spacial score (nSPS) is 15.3. The molecule has 188 valence electrons. The molecule has 2 aromatic carbocycles. The van der Waals surface area contributed by atoms with E-state index in [1.54, 1.807) is 0 Å². The van der Waals surface area contributed by atoms with Crippen molar-refractivity contribution < 1.29 is 36.8 Å². The number of hydrogen-bond acceptors (Lipinski definition) is 6. The van der Waals surface area contributed by atoms with Crippen LogP contribution in [-0.4, -0.2) is 20.4 Å². The number of nitriles is 1. The Morgan fingerprint density at radius 3 is 2.34 bits per heavy atom. The molecule has 0 spiro atoms. The van der Waals surface area contributed by atoms with Crippen molar-refractivity contribution in [1.82, 2.24) is 9.97 Å². The number of anilines is 2. The SMILES string of the molecule is CS(=O)(Cc1cc(Nc2ncc(F)c(-c3ccc(F)cc3F)n2)cc(S(F)(F)(F)(F)F)c1)=NC#N. The monoisotopic (exact) mass is 543 g/mol. The van der Waals surface area contributed by atoms with Gasteiger partial charge in [-0.3, -0.25) is 0 Å². The largest absolute Gasteiger partial charge is 0.324 e. The number of rotatable bonds is 6. The Morgan fingerprint density at radius 1 is 1.06 bits per heavy atom. The third-order valence-corrected chi connectivity index (χ3v) is 6.73. The van der Waals surface area contributed by atoms with Crippen LogP contribution in [0.3, 0.4) is 0 Å². The molecule has 3 rings (SSSR count). The molecule has 0 fully saturated rings. The molecule has 35 heavy (non-hydrogen) atoms. The quantitative estimate of drug-likeness (QED) is 0.266. The average Bonchev–Trinajstić information content (AvgIpc) is 2.67. The van der Waals surface area contributed by atoms with Crippen LogP contribution in [0, 0.1) is 28.9 Å². The van der Waals surface area contributed by atoms with Gasteiger partial charge in [0.25, 0.3) is 0 Å². The van der Waals surface area contributed by atoms with E-state index in [0.717, 1.165) is 24.5 Å². The van der Waals surface area contributed by atoms with Crippen molar-refractivity contribution in [3.8, 4) is 17.5 Å². The third-order valence-electron chi connectivity index (χ3n) is 4.27. The predicted octanol–water partition coefficient (Wildman–Crippen LogP) is 7.04. The lowest BCUT2D eigenvalue weighted by atomic mass is 10.1. The second-order valence-electron chi connectivity index (χ2n) is 7.27. The van der Waals surface area contributed by atoms with Crippen LogP contribution < -0.4 is 5.32 Å². The van der Waals surface area contributed by atoms with Gasteiger partial charge in [0.05, 0.1) is 21.7 Å². The Bertz CT molecular complexity index is 1500. The summed E-state index contributed by atoms with van der Waals surface area (Å²) in [5.41, 5.74) is -2.36. The van der Waals surface area contributed by atoms with Crippen LogP contribution in [0.25, 0.3) is 11.3 Å². The zero-order valence-electron chi connectivity index (χ0n) is 17.3. The van der Waals surface area contributed by atoms with Gasteiger partial charge in [-0.2, -0.15) is 5.26 Å². The molecule has 0 aliphatic carbocycles. The summed E-state index contributed by atoms with van der Waals surface area (Å²) in [4.78, 5) is 4.80. The smallest absolute Gasteiger partial charge is 0.310 e. The highest BCUT2D eigenvalue weighted by molar-refractivity contribution is 8.45. The highest BCUT2D eigenvalue weighted by Gasteiger charge is 2.65. The highest BCUT2D eigenvalue weighted by Crippen LogP contribution is 3.02. The first kappa shape index (κ1) is 26.2. The van der Waals surface area contributed by atoms with Crippen molar-refractivity contribution in [3.05, 3.63) is 65.6 Å². The molecule has 3 aromatic rings. The summed E-state index contributed by atoms with van der Waals surface area (Å²) in [6, 6.07) is 3.13. The predicted molar refractivity (Wildman–Crippen MR) is 114 cm³/mol. The van der Waals surface area contributed by atoms with Gasteiger partial charge in [-0.1, -0.05) is 19.4 Å². The first-order valence-electron chi connectivity index (χ1n) is 9.08. The third kappa shape index (κ3) is 6.57. The molecule has 0 saturated carbocycles. The maximum absolute atomic E-state index is 14.2. The number of hydrogen-bond donors (Lipinski definition) is 1. The van der Waals surface area contributed by atoms with Crippen molar-refractivity contribution in [2.75, 3.05) is 11.6 Å². The van der Waals surface area contributed by atoms with E-state index < -0.39 is 76.5 Å². The molecule has 6 nitrogen and oxygen atoms in total. The Labute approximate surface area is 193 Å². The molecule has 0 amide bonds. The lowest BCUT2D eigenvalue weighted by molar-refractivity contribution is 0.364. The first-order chi connectivity index (χ1) is 15.9. The van der Waals surface area contributed by atoms with E-state index in [0.29, 0.717) is 12.3 Å². The standard InChI is InChI=1S/C19H13F8N5OS2/c1-34(33,30-10-28)9-11-4-13(7-14(5-11)35(23,24,25,26)27)31-19-29-8-17(22)18(32-19)15-3-2-12(20)6-16(15)21/h2-8H,9H2,1H3,(H,29,31,32). The molecular formula is C19H13F8N5OS2. The molecule has 1 unspecified atom stereocenters. The van der Waals surface area contributed by atoms with E-state index in [1.165, 1.54) is 6.19 Å². The van der Waals surface area contributed by atoms with Crippen LogP contribution in [0.2, 0.25) is 0 Å². The second kappa shape index (κ2) is 8.05. The fourth-order valence-electron chi connectivity index (χ4n) is 2.89. The summed E-state index contributed by atoms with van der Waals surface area (Å²) in [7, 11) is -13.6. The fourth-order valence-corrected chi connectivity index (χ4v) is 4.64. The van der Waals surface area contributed by atoms with Crippen LogP contribution in [-0.2, 0) is 15.5 Å². The summed E-state index contributed by atoms with van der Waals surface area (Å²) in [5, 5.41) is 10.8. The minimum atomic E-state index is -10.2. The van der Waals surface area contributed by atoms with E-state index >= 15 is 0 Å². The summed E-state index contributed by atoms with van der Waals surface area (Å²) in [6.45, 7) is 0. The molecule has 0 bridgehead atoms. The van der Waals surface area contributed by atoms with Gasteiger partial charge in [0.2, 0.25) is 12.1 Å². The topological polar surface area (TPSA) is 91.0 Å². The van der Waals surface area contributed by atoms with E-state index in [1.807, 2.05) is 0 Å². The van der Waals surface area contributed by atoms with E-state index in [9.17, 15) is 36.8 Å². The van der Waals surface area contributed by atoms with Gasteiger partial charge in [-0.15, -0.1) is 4.36 Å². The molecule has 0 aliphatic rings. The average molecular weight is 543 g/mol. The molecule has 0 aliphatic heterocycles. The molecular weight excluding hydrogens is 530 g/mol. The van der Waals surface area contributed by atoms with Gasteiger partial charge in [-0.25, -0.2) is 27.3 Å². The van der Waals surface area contributed by atoms with Crippen molar-refractivity contribution >= 4 is 31.6 Å². The minimum Gasteiger partial charge on any atom is -0.324 e. The fraction of sp³-hybridized carbons (Fsp3) is 0.105. The number of nitrogens with zero attached hydrogens (tertiary/aromatic N) is 4. The van der Waals surface area contributed by atoms with Gasteiger partial charge in [0.15, 0.2) is 5.82 Å².